The van der Waals surface area contributed by atoms with E-state index >= 15 is 0 Å². The topological polar surface area (TPSA) is 9.23 Å². The molecular weight excluding hydrogens is 312 g/mol. The minimum Gasteiger partial charge on any atom is -0.454 e. The molecule has 0 bridgehead atoms. The third-order valence-electron chi connectivity index (χ3n) is 5.74. The van der Waals surface area contributed by atoms with Gasteiger partial charge in [0.1, 0.15) is 0 Å². The van der Waals surface area contributed by atoms with Crippen molar-refractivity contribution in [1.29, 1.82) is 0 Å². The Labute approximate surface area is 150 Å². The molecule has 0 aliphatic carbocycles. The molecule has 0 aromatic heterocycles. The van der Waals surface area contributed by atoms with Crippen molar-refractivity contribution in [3.05, 3.63) is 0 Å². The van der Waals surface area contributed by atoms with Crippen LogP contribution in [0.15, 0.2) is 0 Å². The highest BCUT2D eigenvalue weighted by Crippen LogP contribution is 2.48. The van der Waals surface area contributed by atoms with Gasteiger partial charge in [0.15, 0.2) is 16.6 Å². The van der Waals surface area contributed by atoms with Crippen LogP contribution in [0.3, 0.4) is 0 Å². The lowest BCUT2D eigenvalue weighted by Crippen LogP contribution is -2.58. The van der Waals surface area contributed by atoms with Gasteiger partial charge in [0, 0.05) is 0 Å². The van der Waals surface area contributed by atoms with E-state index < -0.39 is 16.6 Å². The summed E-state index contributed by atoms with van der Waals surface area (Å²) in [5, 5.41) is 0. The van der Waals surface area contributed by atoms with Crippen molar-refractivity contribution in [3.63, 3.8) is 0 Å². The Morgan fingerprint density at radius 3 is 0.826 bits per heavy atom. The fourth-order valence-corrected chi connectivity index (χ4v) is 18.8. The van der Waals surface area contributed by atoms with Crippen molar-refractivity contribution in [1.82, 2.24) is 0 Å². The second kappa shape index (κ2) is 9.19. The highest BCUT2D eigenvalue weighted by molar-refractivity contribution is 6.89. The van der Waals surface area contributed by atoms with Crippen LogP contribution in [-0.2, 0) is 4.12 Å². The van der Waals surface area contributed by atoms with Crippen LogP contribution >= 0.6 is 0 Å². The Morgan fingerprint density at radius 2 is 0.696 bits per heavy atom. The van der Waals surface area contributed by atoms with Crippen molar-refractivity contribution >= 4 is 16.6 Å². The van der Waals surface area contributed by atoms with Crippen molar-refractivity contribution in [2.24, 2.45) is 11.8 Å². The van der Waals surface area contributed by atoms with Gasteiger partial charge in [-0.25, -0.2) is 0 Å². The molecule has 1 nitrogen and oxygen atoms in total. The molecule has 0 atom stereocenters. The summed E-state index contributed by atoms with van der Waals surface area (Å²) < 4.78 is 7.57. The van der Waals surface area contributed by atoms with E-state index in [4.69, 9.17) is 4.12 Å². The summed E-state index contributed by atoms with van der Waals surface area (Å²) in [4.78, 5) is 0. The lowest BCUT2D eigenvalue weighted by molar-refractivity contribution is 0.427. The summed E-state index contributed by atoms with van der Waals surface area (Å²) in [7, 11) is -3.56. The van der Waals surface area contributed by atoms with Gasteiger partial charge in [-0.2, -0.15) is 0 Å². The Hall–Kier alpha value is 0.394. The summed E-state index contributed by atoms with van der Waals surface area (Å²) in [5.41, 5.74) is 2.78. The first-order chi connectivity index (χ1) is 10.3. The molecule has 0 saturated heterocycles. The summed E-state index contributed by atoms with van der Waals surface area (Å²) >= 11 is 0. The fourth-order valence-electron chi connectivity index (χ4n) is 4.46. The summed E-state index contributed by atoms with van der Waals surface area (Å²) in [6.45, 7) is 29.0. The molecule has 23 heavy (non-hydrogen) atoms. The maximum Gasteiger partial charge on any atom is 0.185 e. The van der Waals surface area contributed by atoms with Crippen LogP contribution in [0.5, 0.6) is 0 Å². The van der Waals surface area contributed by atoms with Gasteiger partial charge in [0.2, 0.25) is 0 Å². The van der Waals surface area contributed by atoms with Gasteiger partial charge in [-0.05, 0) is 46.1 Å². The van der Waals surface area contributed by atoms with Crippen molar-refractivity contribution in [2.75, 3.05) is 0 Å². The van der Waals surface area contributed by atoms with Crippen molar-refractivity contribution in [3.8, 4) is 0 Å². The van der Waals surface area contributed by atoms with E-state index in [-0.39, 0.29) is 0 Å². The molecule has 140 valence electrons. The van der Waals surface area contributed by atoms with Crippen LogP contribution in [-0.4, -0.2) is 16.6 Å². The van der Waals surface area contributed by atoms with Crippen LogP contribution in [0.2, 0.25) is 34.3 Å². The van der Waals surface area contributed by atoms with E-state index in [0.29, 0.717) is 22.2 Å². The van der Waals surface area contributed by atoms with Gasteiger partial charge in [0.25, 0.3) is 0 Å². The molecule has 0 spiro atoms. The molecule has 0 radical (unpaired) electrons. The molecule has 0 aromatic rings. The molecule has 0 fully saturated rings. The lowest BCUT2D eigenvalue weighted by Gasteiger charge is -2.51. The second-order valence-corrected chi connectivity index (χ2v) is 19.9. The van der Waals surface area contributed by atoms with Crippen LogP contribution in [0.25, 0.3) is 0 Å². The summed E-state index contributed by atoms with van der Waals surface area (Å²) in [6, 6.07) is 2.63. The molecule has 0 aliphatic rings. The predicted octanol–water partition coefficient (Wildman–Crippen LogP) is 7.85. The molecule has 0 aliphatic heterocycles. The molecule has 3 heteroatoms. The summed E-state index contributed by atoms with van der Waals surface area (Å²) in [5.74, 6) is 1.47. The molecule has 0 amide bonds. The smallest absolute Gasteiger partial charge is 0.185 e. The Bertz CT molecular complexity index is 285. The van der Waals surface area contributed by atoms with E-state index in [1.54, 1.807) is 0 Å². The van der Waals surface area contributed by atoms with Gasteiger partial charge in [0.05, 0.1) is 0 Å². The molecule has 0 heterocycles. The van der Waals surface area contributed by atoms with E-state index in [2.05, 4.69) is 83.1 Å². The van der Waals surface area contributed by atoms with Crippen LogP contribution in [0.4, 0.5) is 0 Å². The molecular formula is C20H46OSi2. The highest BCUT2D eigenvalue weighted by atomic mass is 28.4. The molecule has 0 unspecified atom stereocenters. The van der Waals surface area contributed by atoms with Crippen LogP contribution in [0, 0.1) is 11.8 Å². The number of rotatable bonds is 10. The maximum absolute atomic E-state index is 7.57. The second-order valence-electron chi connectivity index (χ2n) is 9.83. The minimum absolute atomic E-state index is 0.696. The van der Waals surface area contributed by atoms with E-state index in [9.17, 15) is 0 Å². The van der Waals surface area contributed by atoms with Crippen LogP contribution in [0.1, 0.15) is 83.1 Å². The van der Waals surface area contributed by atoms with Gasteiger partial charge in [-0.3, -0.25) is 0 Å². The first kappa shape index (κ1) is 23.4. The molecule has 0 saturated carbocycles. The highest BCUT2D eigenvalue weighted by Gasteiger charge is 2.52. The van der Waals surface area contributed by atoms with Gasteiger partial charge >= 0.3 is 0 Å². The van der Waals surface area contributed by atoms with Crippen molar-refractivity contribution in [2.45, 2.75) is 117 Å². The standard InChI is InChI=1S/C20H46OSi2/c1-15(2)13-22(17(5)6,18(7)8)21-23(19(9)10,20(11)12)14-16(3)4/h15-20H,13-14H2,1-12H3. The summed E-state index contributed by atoms with van der Waals surface area (Å²) in [6.07, 6.45) is 0. The normalized spacial score (nSPS) is 14.3. The van der Waals surface area contributed by atoms with Crippen LogP contribution < -0.4 is 0 Å². The van der Waals surface area contributed by atoms with Gasteiger partial charge in [-0.1, -0.05) is 83.1 Å². The number of hydrogen-bond donors (Lipinski definition) is 0. The maximum atomic E-state index is 7.57. The average molecular weight is 359 g/mol. The molecule has 0 N–H and O–H groups in total. The minimum atomic E-state index is -1.78. The van der Waals surface area contributed by atoms with E-state index in [1.807, 2.05) is 0 Å². The lowest BCUT2D eigenvalue weighted by atomic mass is 10.3. The third-order valence-corrected chi connectivity index (χ3v) is 19.5. The monoisotopic (exact) mass is 358 g/mol. The Kier molecular flexibility index (Phi) is 9.35. The van der Waals surface area contributed by atoms with E-state index in [0.717, 1.165) is 11.8 Å². The Balaban J connectivity index is 6.03. The fraction of sp³-hybridized carbons (Fsp3) is 1.00. The third kappa shape index (κ3) is 5.71. The zero-order chi connectivity index (χ0) is 18.6. The van der Waals surface area contributed by atoms with Gasteiger partial charge in [-0.15, -0.1) is 0 Å². The average Bonchev–Trinajstić information content (AvgIpc) is 2.34. The molecule has 0 rings (SSSR count). The first-order valence-electron chi connectivity index (χ1n) is 10.0. The molecule has 0 aromatic carbocycles. The first-order valence-corrected chi connectivity index (χ1v) is 14.6. The number of hydrogen-bond acceptors (Lipinski definition) is 1. The zero-order valence-corrected chi connectivity index (χ0v) is 20.3. The van der Waals surface area contributed by atoms with E-state index in [1.165, 1.54) is 12.1 Å². The SMILES string of the molecule is CC(C)C[Si](O[Si](CC(C)C)(C(C)C)C(C)C)(C(C)C)C(C)C. The van der Waals surface area contributed by atoms with Crippen molar-refractivity contribution < 1.29 is 4.12 Å². The quantitative estimate of drug-likeness (QED) is 0.361. The predicted molar refractivity (Wildman–Crippen MR) is 112 cm³/mol. The zero-order valence-electron chi connectivity index (χ0n) is 18.3. The largest absolute Gasteiger partial charge is 0.454 e. The van der Waals surface area contributed by atoms with Gasteiger partial charge < -0.3 is 4.12 Å². The Morgan fingerprint density at radius 1 is 0.478 bits per heavy atom.